The quantitative estimate of drug-likeness (QED) is 0.0283. The number of carboxylic acid groups (broad SMARTS) is 1. The molecule has 0 atom stereocenters. The molecule has 0 radical (unpaired) electrons. The topological polar surface area (TPSA) is 397 Å². The number of hydrogen-bond acceptors (Lipinski definition) is 17. The minimum absolute atomic E-state index is 0.00421. The summed E-state index contributed by atoms with van der Waals surface area (Å²) in [5, 5.41) is 61.0. The number of amides is 4. The summed E-state index contributed by atoms with van der Waals surface area (Å²) in [5.74, 6) is -2.51. The van der Waals surface area contributed by atoms with E-state index in [2.05, 4.69) is 21.3 Å². The van der Waals surface area contributed by atoms with Crippen LogP contribution in [0.5, 0.6) is 0 Å². The second-order valence-corrected chi connectivity index (χ2v) is 13.2. The molecule has 0 heterocycles. The summed E-state index contributed by atoms with van der Waals surface area (Å²) >= 11 is 0. The predicted molar refractivity (Wildman–Crippen MR) is 236 cm³/mol. The number of nitrogen functional groups attached to an aromatic ring is 2. The van der Waals surface area contributed by atoms with Crippen LogP contribution in [0, 0.1) is 40.5 Å². The highest BCUT2D eigenvalue weighted by Crippen LogP contribution is 2.24. The number of non-ortho nitro benzene ring substituents is 4. The molecule has 0 aliphatic heterocycles. The molecule has 0 saturated carbocycles. The fraction of sp³-hybridized carbons (Fsp3) is 0.146. The third-order valence-electron chi connectivity index (χ3n) is 8.18. The van der Waals surface area contributed by atoms with Gasteiger partial charge in [0.05, 0.1) is 43.0 Å². The van der Waals surface area contributed by atoms with E-state index in [9.17, 15) is 64.4 Å². The van der Waals surface area contributed by atoms with E-state index >= 15 is 0 Å². The van der Waals surface area contributed by atoms with Gasteiger partial charge in [0.25, 0.3) is 34.6 Å². The Bertz CT molecular complexity index is 2470. The van der Waals surface area contributed by atoms with Gasteiger partial charge in [0.2, 0.25) is 0 Å². The number of nitro groups is 4. The van der Waals surface area contributed by atoms with Gasteiger partial charge in [-0.15, -0.1) is 0 Å². The van der Waals surface area contributed by atoms with Crippen LogP contribution in [0.3, 0.4) is 0 Å². The van der Waals surface area contributed by atoms with Crippen LogP contribution in [0.25, 0.3) is 0 Å². The monoisotopic (exact) mass is 928 g/mol. The summed E-state index contributed by atoms with van der Waals surface area (Å²) < 4.78 is 10.0. The lowest BCUT2D eigenvalue weighted by Gasteiger charge is -2.09. The van der Waals surface area contributed by atoms with Gasteiger partial charge >= 0.3 is 18.2 Å². The average molecular weight is 929 g/mol. The van der Waals surface area contributed by atoms with Gasteiger partial charge in [-0.2, -0.15) is 0 Å². The van der Waals surface area contributed by atoms with Crippen LogP contribution in [-0.4, -0.2) is 80.9 Å². The van der Waals surface area contributed by atoms with E-state index in [0.717, 1.165) is 41.5 Å². The minimum Gasteiger partial charge on any atom is -0.478 e. The number of aromatic carboxylic acids is 1. The van der Waals surface area contributed by atoms with Crippen molar-refractivity contribution in [2.75, 3.05) is 37.6 Å². The van der Waals surface area contributed by atoms with E-state index in [-0.39, 0.29) is 50.9 Å². The van der Waals surface area contributed by atoms with Crippen molar-refractivity contribution in [3.05, 3.63) is 184 Å². The Hall–Kier alpha value is -9.75. The molecule has 0 spiro atoms. The Labute approximate surface area is 377 Å². The predicted octanol–water partition coefficient (Wildman–Crippen LogP) is 4.87. The molecule has 350 valence electrons. The zero-order valence-electron chi connectivity index (χ0n) is 34.7. The summed E-state index contributed by atoms with van der Waals surface area (Å²) in [4.78, 5) is 96.5. The number of ether oxygens (including phenoxy) is 2. The molecular formula is C41H40N10O16. The number of anilines is 2. The molecular weight excluding hydrogens is 889 g/mol. The third kappa shape index (κ3) is 18.6. The second kappa shape index (κ2) is 26.0. The van der Waals surface area contributed by atoms with Crippen LogP contribution in [0.4, 0.5) is 43.7 Å². The van der Waals surface area contributed by atoms with Crippen LogP contribution in [0.2, 0.25) is 0 Å². The minimum atomic E-state index is -1.46. The van der Waals surface area contributed by atoms with Gasteiger partial charge in [-0.25, -0.2) is 14.4 Å². The zero-order valence-corrected chi connectivity index (χ0v) is 34.7. The molecule has 26 heteroatoms. The maximum absolute atomic E-state index is 12.0. The van der Waals surface area contributed by atoms with E-state index in [1.807, 2.05) is 48.5 Å². The first kappa shape index (κ1) is 51.6. The van der Waals surface area contributed by atoms with Gasteiger partial charge < -0.3 is 47.3 Å². The maximum Gasteiger partial charge on any atom is 0.407 e. The van der Waals surface area contributed by atoms with Crippen LogP contribution in [0.15, 0.2) is 115 Å². The van der Waals surface area contributed by atoms with Crippen molar-refractivity contribution in [1.82, 2.24) is 21.3 Å². The third-order valence-corrected chi connectivity index (χ3v) is 8.18. The number of alkyl carbamates (subject to hydrolysis) is 2. The Morgan fingerprint density at radius 1 is 0.463 bits per heavy atom. The van der Waals surface area contributed by atoms with Crippen molar-refractivity contribution >= 4 is 64.1 Å². The van der Waals surface area contributed by atoms with Crippen LogP contribution < -0.4 is 32.7 Å². The van der Waals surface area contributed by atoms with E-state index in [1.54, 1.807) is 18.2 Å². The standard InChI is InChI=1S/C17H16N4O7.C17H20N4O3.C7H4N2O6/c22-16(13-8-14(20(24)25)10-15(9-13)21(26)27)18-6-7-19-17(23)28-11-12-4-2-1-3-5-12;18-14-8-13(9-15(19)10-14)16(22)20-6-7-21-17(23)24-11-12-4-2-1-3-5-12;10-7(11)4-1-5(8(12)13)3-6(2-4)9(14)15/h1-5,8-10H,6-7,11H2,(H,18,22)(H,19,23);1-5,8-10H,6-7,11,18-19H2,(H,20,22)(H,21,23);1-3H,(H,10,11). The number of carbonyl (C=O) groups is 5. The van der Waals surface area contributed by atoms with Gasteiger partial charge in [0, 0.05) is 67.4 Å². The summed E-state index contributed by atoms with van der Waals surface area (Å²) in [5.41, 5.74) is 11.1. The van der Waals surface area contributed by atoms with Gasteiger partial charge in [0.15, 0.2) is 0 Å². The Balaban J connectivity index is 0.000000278. The fourth-order valence-corrected chi connectivity index (χ4v) is 5.11. The number of carboxylic acids is 1. The van der Waals surface area contributed by atoms with Crippen LogP contribution >= 0.6 is 0 Å². The van der Waals surface area contributed by atoms with Crippen molar-refractivity contribution in [2.45, 2.75) is 13.2 Å². The number of nitrogens with one attached hydrogen (secondary N) is 4. The van der Waals surface area contributed by atoms with Crippen molar-refractivity contribution in [3.63, 3.8) is 0 Å². The first-order chi connectivity index (χ1) is 31.8. The maximum atomic E-state index is 12.0. The lowest BCUT2D eigenvalue weighted by Crippen LogP contribution is -2.35. The molecule has 0 fully saturated rings. The molecule has 0 aliphatic carbocycles. The van der Waals surface area contributed by atoms with Gasteiger partial charge in [-0.1, -0.05) is 60.7 Å². The molecule has 5 rings (SSSR count). The first-order valence-electron chi connectivity index (χ1n) is 19.1. The Kier molecular flexibility index (Phi) is 20.0. The average Bonchev–Trinajstić information content (AvgIpc) is 3.30. The smallest absolute Gasteiger partial charge is 0.407 e. The van der Waals surface area contributed by atoms with Crippen LogP contribution in [-0.2, 0) is 22.7 Å². The lowest BCUT2D eigenvalue weighted by molar-refractivity contribution is -0.394. The van der Waals surface area contributed by atoms with E-state index in [4.69, 9.17) is 26.0 Å². The highest BCUT2D eigenvalue weighted by molar-refractivity contribution is 5.96. The molecule has 0 aromatic heterocycles. The molecule has 0 unspecified atom stereocenters. The molecule has 26 nitrogen and oxygen atoms in total. The van der Waals surface area contributed by atoms with Crippen LogP contribution in [0.1, 0.15) is 42.2 Å². The largest absolute Gasteiger partial charge is 0.478 e. The molecule has 9 N–H and O–H groups in total. The van der Waals surface area contributed by atoms with Gasteiger partial charge in [-0.3, -0.25) is 50.0 Å². The number of nitro benzene ring substituents is 4. The van der Waals surface area contributed by atoms with Gasteiger partial charge in [0.1, 0.15) is 13.2 Å². The molecule has 0 bridgehead atoms. The highest BCUT2D eigenvalue weighted by atomic mass is 16.6. The molecule has 0 aliphatic rings. The summed E-state index contributed by atoms with van der Waals surface area (Å²) in [6, 6.07) is 27.9. The van der Waals surface area contributed by atoms with Crippen molar-refractivity contribution in [3.8, 4) is 0 Å². The highest BCUT2D eigenvalue weighted by Gasteiger charge is 2.21. The summed E-state index contributed by atoms with van der Waals surface area (Å²) in [6.45, 7) is 0.829. The summed E-state index contributed by atoms with van der Waals surface area (Å²) in [6.07, 6.45) is -1.22. The van der Waals surface area contributed by atoms with E-state index in [1.165, 1.54) is 12.1 Å². The van der Waals surface area contributed by atoms with Gasteiger partial charge in [-0.05, 0) is 29.3 Å². The number of nitrogens with zero attached hydrogens (tertiary/aromatic N) is 4. The number of nitrogens with two attached hydrogens (primary N) is 2. The SMILES string of the molecule is Nc1cc(N)cc(C(=O)NCCNC(=O)OCc2ccccc2)c1.O=C(NCCNC(=O)c1cc([N+](=O)[O-])cc([N+](=O)[O-])c1)OCc1ccccc1.O=C(O)c1cc([N+](=O)[O-])cc([N+](=O)[O-])c1. The number of carbonyl (C=O) groups excluding carboxylic acids is 4. The normalized spacial score (nSPS) is 9.91. The fourth-order valence-electron chi connectivity index (χ4n) is 5.11. The summed E-state index contributed by atoms with van der Waals surface area (Å²) in [7, 11) is 0. The zero-order chi connectivity index (χ0) is 49.5. The number of rotatable bonds is 17. The van der Waals surface area contributed by atoms with E-state index < -0.39 is 72.1 Å². The molecule has 0 saturated heterocycles. The first-order valence-corrected chi connectivity index (χ1v) is 19.1. The number of hydrogen-bond donors (Lipinski definition) is 7. The van der Waals surface area contributed by atoms with E-state index in [0.29, 0.717) is 23.0 Å². The number of benzene rings is 5. The lowest BCUT2D eigenvalue weighted by atomic mass is 10.1. The van der Waals surface area contributed by atoms with Crippen molar-refractivity contribution < 1.29 is 58.2 Å². The molecule has 67 heavy (non-hydrogen) atoms. The van der Waals surface area contributed by atoms with Crippen molar-refractivity contribution in [1.29, 1.82) is 0 Å². The Morgan fingerprint density at radius 2 is 0.776 bits per heavy atom. The second-order valence-electron chi connectivity index (χ2n) is 13.2. The Morgan fingerprint density at radius 3 is 1.10 bits per heavy atom. The van der Waals surface area contributed by atoms with Crippen molar-refractivity contribution in [2.24, 2.45) is 0 Å². The molecule has 5 aromatic carbocycles. The molecule has 5 aromatic rings. The molecule has 4 amide bonds.